The molecule has 2 amide bonds. The highest BCUT2D eigenvalue weighted by atomic mass is 16.6. The van der Waals surface area contributed by atoms with Gasteiger partial charge in [0.25, 0.3) is 0 Å². The third-order valence-electron chi connectivity index (χ3n) is 6.88. The molecule has 0 radical (unpaired) electrons. The molecule has 0 bridgehead atoms. The van der Waals surface area contributed by atoms with Crippen molar-refractivity contribution >= 4 is 22.5 Å². The molecule has 172 valence electrons. The quantitative estimate of drug-likeness (QED) is 0.529. The molecule has 3 N–H and O–H groups in total. The summed E-state index contributed by atoms with van der Waals surface area (Å²) in [5.41, 5.74) is 7.48. The van der Waals surface area contributed by atoms with Crippen LogP contribution in [0.5, 0.6) is 5.75 Å². The molecule has 2 fully saturated rings. The van der Waals surface area contributed by atoms with Crippen LogP contribution in [0.4, 0.5) is 4.79 Å². The number of oxime groups is 1. The third kappa shape index (κ3) is 5.15. The number of nitrogens with zero attached hydrogens (tertiary/aromatic N) is 2. The Morgan fingerprint density at radius 2 is 1.91 bits per heavy atom. The van der Waals surface area contributed by atoms with Crippen LogP contribution >= 0.6 is 0 Å². The molecule has 3 atom stereocenters. The number of methoxy groups -OCH3 is 1. The van der Waals surface area contributed by atoms with Gasteiger partial charge in [-0.1, -0.05) is 23.4 Å². The summed E-state index contributed by atoms with van der Waals surface area (Å²) >= 11 is 0. The number of nitrogens with two attached hydrogens (primary N) is 1. The minimum absolute atomic E-state index is 0.177. The maximum Gasteiger partial charge on any atom is 0.312 e. The number of carbonyl (C=O) groups excluding carboxylic acids is 1. The van der Waals surface area contributed by atoms with E-state index in [0.717, 1.165) is 79.4 Å². The lowest BCUT2D eigenvalue weighted by atomic mass is 9.84. The zero-order valence-corrected chi connectivity index (χ0v) is 19.0. The fourth-order valence-corrected chi connectivity index (χ4v) is 5.36. The Labute approximate surface area is 189 Å². The average Bonchev–Trinajstić information content (AvgIpc) is 2.81. The van der Waals surface area contributed by atoms with Gasteiger partial charge in [0.1, 0.15) is 12.9 Å². The molecule has 1 saturated heterocycles. The van der Waals surface area contributed by atoms with Gasteiger partial charge in [-0.25, -0.2) is 4.79 Å². The zero-order chi connectivity index (χ0) is 22.5. The number of piperidine rings is 1. The standard InChI is InChI=1S/C25H34N4O3/c1-31-23-11-10-17-13-19(9-8-18(17)14-23)24(28-32-2)20-5-4-12-29(16-20)22-7-3-6-21(15-22)27-25(26)30/h8-11,13-14,20-22H,3-7,12,15-16H2,1-2H3,(H3,26,27,30)/b28-24-. The van der Waals surface area contributed by atoms with Crippen molar-refractivity contribution in [3.63, 3.8) is 0 Å². The number of fused-ring (bicyclic) bond motifs is 1. The van der Waals surface area contributed by atoms with Gasteiger partial charge in [-0.2, -0.15) is 0 Å². The van der Waals surface area contributed by atoms with Crippen LogP contribution in [0.25, 0.3) is 10.8 Å². The van der Waals surface area contributed by atoms with Crippen LogP contribution in [0.2, 0.25) is 0 Å². The number of ether oxygens (including phenoxy) is 1. The second-order valence-electron chi connectivity index (χ2n) is 8.95. The number of hydrogen-bond donors (Lipinski definition) is 2. The van der Waals surface area contributed by atoms with Crippen molar-refractivity contribution in [3.8, 4) is 5.75 Å². The first-order valence-electron chi connectivity index (χ1n) is 11.6. The van der Waals surface area contributed by atoms with E-state index in [4.69, 9.17) is 15.3 Å². The highest BCUT2D eigenvalue weighted by molar-refractivity contribution is 6.04. The molecule has 2 aromatic rings. The lowest BCUT2D eigenvalue weighted by Crippen LogP contribution is -2.50. The zero-order valence-electron chi connectivity index (χ0n) is 19.0. The average molecular weight is 439 g/mol. The number of nitrogens with one attached hydrogen (secondary N) is 1. The fraction of sp³-hybridized carbons (Fsp3) is 0.520. The second kappa shape index (κ2) is 10.2. The summed E-state index contributed by atoms with van der Waals surface area (Å²) in [5.74, 6) is 1.17. The van der Waals surface area contributed by atoms with Crippen molar-refractivity contribution in [3.05, 3.63) is 42.0 Å². The van der Waals surface area contributed by atoms with E-state index in [-0.39, 0.29) is 6.04 Å². The lowest BCUT2D eigenvalue weighted by molar-refractivity contribution is 0.104. The van der Waals surface area contributed by atoms with E-state index < -0.39 is 6.03 Å². The van der Waals surface area contributed by atoms with Crippen molar-refractivity contribution in [2.45, 2.75) is 50.6 Å². The van der Waals surface area contributed by atoms with Crippen molar-refractivity contribution in [2.24, 2.45) is 16.8 Å². The van der Waals surface area contributed by atoms with Crippen molar-refractivity contribution in [1.82, 2.24) is 10.2 Å². The number of urea groups is 1. The Bertz CT molecular complexity index is 977. The Hall–Kier alpha value is -2.80. The molecule has 1 heterocycles. The molecule has 7 heteroatoms. The molecule has 2 aliphatic rings. The van der Waals surface area contributed by atoms with Crippen molar-refractivity contribution in [1.29, 1.82) is 0 Å². The molecule has 0 spiro atoms. The Balaban J connectivity index is 1.52. The van der Waals surface area contributed by atoms with Crippen LogP contribution in [0, 0.1) is 5.92 Å². The summed E-state index contributed by atoms with van der Waals surface area (Å²) in [6, 6.07) is 12.8. The first-order chi connectivity index (χ1) is 15.6. The number of primary amides is 1. The lowest BCUT2D eigenvalue weighted by Gasteiger charge is -2.42. The summed E-state index contributed by atoms with van der Waals surface area (Å²) < 4.78 is 5.35. The van der Waals surface area contributed by atoms with Gasteiger partial charge in [-0.05, 0) is 74.0 Å². The molecule has 32 heavy (non-hydrogen) atoms. The summed E-state index contributed by atoms with van der Waals surface area (Å²) in [6.07, 6.45) is 6.47. The molecule has 2 aromatic carbocycles. The predicted octanol–water partition coefficient (Wildman–Crippen LogP) is 3.89. The Kier molecular flexibility index (Phi) is 7.15. The SMILES string of the molecule is CO/N=C(/c1ccc2cc(OC)ccc2c1)C1CCCN(C2CCCC(NC(N)=O)C2)C1. The van der Waals surface area contributed by atoms with Crippen molar-refractivity contribution < 1.29 is 14.4 Å². The van der Waals surface area contributed by atoms with E-state index in [9.17, 15) is 4.79 Å². The van der Waals surface area contributed by atoms with Gasteiger partial charge in [-0.15, -0.1) is 0 Å². The highest BCUT2D eigenvalue weighted by Crippen LogP contribution is 2.30. The molecule has 7 nitrogen and oxygen atoms in total. The number of rotatable bonds is 6. The third-order valence-corrected chi connectivity index (χ3v) is 6.88. The molecule has 1 aliphatic heterocycles. The molecule has 1 saturated carbocycles. The molecular formula is C25H34N4O3. The van der Waals surface area contributed by atoms with Crippen LogP contribution in [0.3, 0.4) is 0 Å². The number of likely N-dealkylation sites (tertiary alicyclic amines) is 1. The normalized spacial score (nSPS) is 24.8. The van der Waals surface area contributed by atoms with Gasteiger partial charge in [-0.3, -0.25) is 4.90 Å². The smallest absolute Gasteiger partial charge is 0.312 e. The summed E-state index contributed by atoms with van der Waals surface area (Å²) in [7, 11) is 3.31. The predicted molar refractivity (Wildman–Crippen MR) is 127 cm³/mol. The van der Waals surface area contributed by atoms with E-state index in [0.29, 0.717) is 12.0 Å². The highest BCUT2D eigenvalue weighted by Gasteiger charge is 2.33. The molecule has 4 rings (SSSR count). The van der Waals surface area contributed by atoms with E-state index in [2.05, 4.69) is 39.6 Å². The van der Waals surface area contributed by atoms with Gasteiger partial charge in [0.15, 0.2) is 0 Å². The maximum absolute atomic E-state index is 11.3. The van der Waals surface area contributed by atoms with Gasteiger partial charge in [0.2, 0.25) is 0 Å². The number of carbonyl (C=O) groups is 1. The van der Waals surface area contributed by atoms with Gasteiger partial charge in [0.05, 0.1) is 12.8 Å². The van der Waals surface area contributed by atoms with Crippen molar-refractivity contribution in [2.75, 3.05) is 27.3 Å². The minimum atomic E-state index is -0.421. The molecular weight excluding hydrogens is 404 g/mol. The van der Waals surface area contributed by atoms with Gasteiger partial charge < -0.3 is 20.6 Å². The second-order valence-corrected chi connectivity index (χ2v) is 8.95. The summed E-state index contributed by atoms with van der Waals surface area (Å²) in [5, 5.41) is 9.70. The maximum atomic E-state index is 11.3. The molecule has 1 aliphatic carbocycles. The number of amides is 2. The largest absolute Gasteiger partial charge is 0.497 e. The van der Waals surface area contributed by atoms with E-state index in [1.165, 1.54) is 0 Å². The van der Waals surface area contributed by atoms with Gasteiger partial charge >= 0.3 is 6.03 Å². The number of benzene rings is 2. The van der Waals surface area contributed by atoms with Crippen LogP contribution in [-0.4, -0.2) is 56.0 Å². The van der Waals surface area contributed by atoms with Crippen LogP contribution in [-0.2, 0) is 4.84 Å². The van der Waals surface area contributed by atoms with E-state index >= 15 is 0 Å². The van der Waals surface area contributed by atoms with Gasteiger partial charge in [0, 0.05) is 30.1 Å². The van der Waals surface area contributed by atoms with E-state index in [1.54, 1.807) is 14.2 Å². The molecule has 0 aromatic heterocycles. The minimum Gasteiger partial charge on any atom is -0.497 e. The van der Waals surface area contributed by atoms with Crippen LogP contribution in [0.15, 0.2) is 41.6 Å². The monoisotopic (exact) mass is 438 g/mol. The van der Waals surface area contributed by atoms with E-state index in [1.807, 2.05) is 12.1 Å². The molecule has 3 unspecified atom stereocenters. The fourth-order valence-electron chi connectivity index (χ4n) is 5.36. The topological polar surface area (TPSA) is 89.2 Å². The first-order valence-corrected chi connectivity index (χ1v) is 11.6. The summed E-state index contributed by atoms with van der Waals surface area (Å²) in [4.78, 5) is 19.2. The first kappa shape index (κ1) is 22.4. The number of hydrogen-bond acceptors (Lipinski definition) is 5. The summed E-state index contributed by atoms with van der Waals surface area (Å²) in [6.45, 7) is 2.04. The Morgan fingerprint density at radius 1 is 1.09 bits per heavy atom. The van der Waals surface area contributed by atoms with Crippen LogP contribution < -0.4 is 15.8 Å². The Morgan fingerprint density at radius 3 is 2.69 bits per heavy atom. The van der Waals surface area contributed by atoms with Crippen LogP contribution in [0.1, 0.15) is 44.1 Å².